The minimum atomic E-state index is -0.493. The predicted molar refractivity (Wildman–Crippen MR) is 143 cm³/mol. The third-order valence-electron chi connectivity index (χ3n) is 5.62. The Labute approximate surface area is 224 Å². The monoisotopic (exact) mass is 533 g/mol. The number of morpholine rings is 1. The van der Waals surface area contributed by atoms with Gasteiger partial charge < -0.3 is 19.7 Å². The number of nitrogens with one attached hydrogen (secondary N) is 1. The first kappa shape index (κ1) is 25.5. The predicted octanol–water partition coefficient (Wildman–Crippen LogP) is 6.63. The van der Waals surface area contributed by atoms with Crippen LogP contribution in [0.4, 0.5) is 27.5 Å². The zero-order valence-electron chi connectivity index (χ0n) is 20.6. The van der Waals surface area contributed by atoms with Gasteiger partial charge in [-0.3, -0.25) is 4.98 Å². The van der Waals surface area contributed by atoms with Gasteiger partial charge in [-0.05, 0) is 55.0 Å². The summed E-state index contributed by atoms with van der Waals surface area (Å²) >= 11 is 6.13. The van der Waals surface area contributed by atoms with E-state index in [1.165, 1.54) is 0 Å². The lowest BCUT2D eigenvalue weighted by molar-refractivity contribution is 0.122. The maximum absolute atomic E-state index is 14.2. The molecule has 0 amide bonds. The van der Waals surface area contributed by atoms with Crippen molar-refractivity contribution in [1.82, 2.24) is 15.0 Å². The second-order valence-electron chi connectivity index (χ2n) is 8.60. The average molecular weight is 534 g/mol. The van der Waals surface area contributed by atoms with Crippen LogP contribution in [0.5, 0.6) is 11.5 Å². The van der Waals surface area contributed by atoms with Crippen LogP contribution < -0.4 is 15.0 Å². The molecule has 0 aliphatic carbocycles. The number of azo groups is 1. The third kappa shape index (κ3) is 6.78. The molecule has 2 aromatic carbocycles. The van der Waals surface area contributed by atoms with Gasteiger partial charge in [-0.1, -0.05) is 17.7 Å². The number of aromatic nitrogens is 3. The molecule has 0 unspecified atom stereocenters. The topological polar surface area (TPSA) is 97.1 Å². The van der Waals surface area contributed by atoms with Crippen LogP contribution in [0.3, 0.4) is 0 Å². The van der Waals surface area contributed by atoms with Crippen molar-refractivity contribution >= 4 is 34.7 Å². The first-order valence-electron chi connectivity index (χ1n) is 12.0. The van der Waals surface area contributed by atoms with Crippen molar-refractivity contribution in [3.8, 4) is 11.5 Å². The first-order chi connectivity index (χ1) is 18.5. The molecule has 1 N–H and O–H groups in total. The normalized spacial score (nSPS) is 13.6. The molecular formula is C27H25ClFN7O2. The quantitative estimate of drug-likeness (QED) is 0.254. The van der Waals surface area contributed by atoms with E-state index in [9.17, 15) is 4.39 Å². The number of benzene rings is 2. The summed E-state index contributed by atoms with van der Waals surface area (Å²) in [6, 6.07) is 16.9. The van der Waals surface area contributed by atoms with Crippen LogP contribution in [0, 0.1) is 12.7 Å². The van der Waals surface area contributed by atoms with Crippen LogP contribution in [0.2, 0.25) is 5.02 Å². The molecule has 194 valence electrons. The Hall–Kier alpha value is -4.15. The fraction of sp³-hybridized carbons (Fsp3) is 0.222. The Kier molecular flexibility index (Phi) is 8.01. The Bertz CT molecular complexity index is 1410. The third-order valence-corrected chi connectivity index (χ3v) is 5.83. The van der Waals surface area contributed by atoms with Gasteiger partial charge in [0.2, 0.25) is 0 Å². The summed E-state index contributed by atoms with van der Waals surface area (Å²) in [5, 5.41) is 12.1. The minimum absolute atomic E-state index is 0.0983. The molecule has 0 radical (unpaired) electrons. The van der Waals surface area contributed by atoms with Gasteiger partial charge in [0.1, 0.15) is 18.0 Å². The summed E-state index contributed by atoms with van der Waals surface area (Å²) in [4.78, 5) is 14.4. The van der Waals surface area contributed by atoms with Gasteiger partial charge in [0.15, 0.2) is 11.6 Å². The number of pyridine rings is 1. The molecule has 1 saturated heterocycles. The number of aryl methyl sites for hydroxylation is 1. The Morgan fingerprint density at radius 2 is 1.89 bits per heavy atom. The summed E-state index contributed by atoms with van der Waals surface area (Å²) in [5.41, 5.74) is 3.39. The largest absolute Gasteiger partial charge is 0.457 e. The first-order valence-corrected chi connectivity index (χ1v) is 12.4. The molecule has 0 bridgehead atoms. The summed E-state index contributed by atoms with van der Waals surface area (Å²) in [5.74, 6) is 1.17. The van der Waals surface area contributed by atoms with Gasteiger partial charge >= 0.3 is 0 Å². The highest BCUT2D eigenvalue weighted by atomic mass is 35.5. The van der Waals surface area contributed by atoms with E-state index in [0.29, 0.717) is 48.5 Å². The number of anilines is 3. The van der Waals surface area contributed by atoms with E-state index in [4.69, 9.17) is 21.1 Å². The van der Waals surface area contributed by atoms with Gasteiger partial charge in [0.05, 0.1) is 37.0 Å². The molecule has 1 aliphatic heterocycles. The van der Waals surface area contributed by atoms with E-state index in [1.54, 1.807) is 12.3 Å². The van der Waals surface area contributed by atoms with Crippen LogP contribution in [0.1, 0.15) is 11.3 Å². The average Bonchev–Trinajstić information content (AvgIpc) is 2.91. The van der Waals surface area contributed by atoms with E-state index in [1.807, 2.05) is 60.4 Å². The summed E-state index contributed by atoms with van der Waals surface area (Å²) in [6.45, 7) is 4.38. The van der Waals surface area contributed by atoms with Crippen molar-refractivity contribution in [2.45, 2.75) is 13.5 Å². The molecule has 0 atom stereocenters. The molecule has 5 rings (SSSR count). The van der Waals surface area contributed by atoms with E-state index in [0.717, 1.165) is 23.1 Å². The van der Waals surface area contributed by atoms with Crippen molar-refractivity contribution < 1.29 is 13.9 Å². The maximum atomic E-state index is 14.2. The molecular weight excluding hydrogens is 509 g/mol. The van der Waals surface area contributed by atoms with Crippen LogP contribution in [0.15, 0.2) is 77.2 Å². The van der Waals surface area contributed by atoms with Gasteiger partial charge in [-0.15, -0.1) is 5.11 Å². The van der Waals surface area contributed by atoms with Crippen molar-refractivity contribution in [2.75, 3.05) is 36.5 Å². The molecule has 38 heavy (non-hydrogen) atoms. The molecule has 9 nitrogen and oxygen atoms in total. The van der Waals surface area contributed by atoms with E-state index >= 15 is 0 Å². The molecule has 1 aliphatic rings. The number of nitrogens with zero attached hydrogens (tertiary/aromatic N) is 6. The molecule has 3 heterocycles. The molecule has 0 saturated carbocycles. The lowest BCUT2D eigenvalue weighted by Gasteiger charge is -2.27. The van der Waals surface area contributed by atoms with Gasteiger partial charge in [-0.25, -0.2) is 9.37 Å². The fourth-order valence-electron chi connectivity index (χ4n) is 3.86. The highest BCUT2D eigenvalue weighted by Crippen LogP contribution is 2.28. The lowest BCUT2D eigenvalue weighted by Crippen LogP contribution is -2.37. The Morgan fingerprint density at radius 1 is 1.03 bits per heavy atom. The summed E-state index contributed by atoms with van der Waals surface area (Å²) in [7, 11) is 0. The van der Waals surface area contributed by atoms with Crippen LogP contribution in [-0.4, -0.2) is 41.3 Å². The van der Waals surface area contributed by atoms with Crippen molar-refractivity contribution in [3.05, 3.63) is 89.1 Å². The van der Waals surface area contributed by atoms with Crippen LogP contribution >= 0.6 is 11.6 Å². The number of ether oxygens (including phenoxy) is 2. The highest BCUT2D eigenvalue weighted by Gasteiger charge is 2.17. The van der Waals surface area contributed by atoms with E-state index in [2.05, 4.69) is 30.5 Å². The van der Waals surface area contributed by atoms with Gasteiger partial charge in [-0.2, -0.15) is 10.1 Å². The van der Waals surface area contributed by atoms with Crippen LogP contribution in [0.25, 0.3) is 0 Å². The second kappa shape index (κ2) is 11.9. The summed E-state index contributed by atoms with van der Waals surface area (Å²) < 4.78 is 25.5. The molecule has 0 spiro atoms. The number of rotatable bonds is 8. The molecule has 4 aromatic rings. The standard InChI is InChI=1S/C27H25ClFN7O2/c1-18-11-19(28)13-24(12-18)38-23-4-2-3-20(14-23)33-22-6-5-21(30-15-22)16-32-35-27-31-17-25(29)26(34-27)36-7-9-37-10-8-36/h2-6,11-15,17,33H,7-10,16H2,1H3. The molecule has 2 aromatic heterocycles. The molecule has 1 fully saturated rings. The highest BCUT2D eigenvalue weighted by molar-refractivity contribution is 6.30. The fourth-order valence-corrected chi connectivity index (χ4v) is 4.14. The minimum Gasteiger partial charge on any atom is -0.457 e. The van der Waals surface area contributed by atoms with Crippen molar-refractivity contribution in [2.24, 2.45) is 10.2 Å². The number of hydrogen-bond donors (Lipinski definition) is 1. The van der Waals surface area contributed by atoms with Gasteiger partial charge in [0, 0.05) is 29.9 Å². The van der Waals surface area contributed by atoms with Gasteiger partial charge in [0.25, 0.3) is 5.95 Å². The molecule has 11 heteroatoms. The van der Waals surface area contributed by atoms with E-state index in [-0.39, 0.29) is 18.3 Å². The van der Waals surface area contributed by atoms with Crippen LogP contribution in [-0.2, 0) is 11.3 Å². The lowest BCUT2D eigenvalue weighted by atomic mass is 10.2. The van der Waals surface area contributed by atoms with Crippen molar-refractivity contribution in [1.29, 1.82) is 0 Å². The number of halogens is 2. The smallest absolute Gasteiger partial charge is 0.270 e. The zero-order chi connectivity index (χ0) is 26.3. The number of hydrogen-bond acceptors (Lipinski definition) is 9. The Balaban J connectivity index is 1.18. The second-order valence-corrected chi connectivity index (χ2v) is 9.03. The van der Waals surface area contributed by atoms with Crippen molar-refractivity contribution in [3.63, 3.8) is 0 Å². The summed E-state index contributed by atoms with van der Waals surface area (Å²) in [6.07, 6.45) is 2.82. The maximum Gasteiger partial charge on any atom is 0.270 e. The Morgan fingerprint density at radius 3 is 2.68 bits per heavy atom. The SMILES string of the molecule is Cc1cc(Cl)cc(Oc2cccc(Nc3ccc(CN=Nc4ncc(F)c(N5CCOCC5)n4)nc3)c2)c1. The van der Waals surface area contributed by atoms with E-state index < -0.39 is 5.82 Å². The zero-order valence-corrected chi connectivity index (χ0v) is 21.4.